The van der Waals surface area contributed by atoms with Gasteiger partial charge in [-0.3, -0.25) is 9.59 Å². The summed E-state index contributed by atoms with van der Waals surface area (Å²) in [7, 11) is 1.88. The molecule has 1 aliphatic carbocycles. The molecule has 1 saturated heterocycles. The molecule has 1 aliphatic heterocycles. The maximum atomic E-state index is 12.8. The SMILES string of the molecule is CC1CCC(C(=O)Nc2cc(C#CC(C)(C)C)sc2C(=O)OCOC(=O)OC(C)C)CC1.CN1CCCCCC1=O. The van der Waals surface area contributed by atoms with Crippen molar-refractivity contribution in [2.45, 2.75) is 99.0 Å². The Kier molecular flexibility index (Phi) is 13.7. The first-order chi connectivity index (χ1) is 19.2. The number of thiophene rings is 1. The van der Waals surface area contributed by atoms with Crippen LogP contribution in [-0.4, -0.2) is 55.3 Å². The van der Waals surface area contributed by atoms with Crippen LogP contribution in [0.3, 0.4) is 0 Å². The van der Waals surface area contributed by atoms with Gasteiger partial charge in [0.1, 0.15) is 4.88 Å². The van der Waals surface area contributed by atoms with Gasteiger partial charge in [-0.05, 0) is 85.1 Å². The predicted molar refractivity (Wildman–Crippen MR) is 159 cm³/mol. The predicted octanol–water partition coefficient (Wildman–Crippen LogP) is 6.61. The highest BCUT2D eigenvalue weighted by atomic mass is 32.1. The molecule has 2 heterocycles. The molecular formula is C31H46N2O7S. The normalized spacial score (nSPS) is 19.1. The van der Waals surface area contributed by atoms with Gasteiger partial charge in [0.2, 0.25) is 18.6 Å². The molecule has 41 heavy (non-hydrogen) atoms. The third kappa shape index (κ3) is 13.0. The second-order valence-corrected chi connectivity index (χ2v) is 13.1. The minimum Gasteiger partial charge on any atom is -0.431 e. The van der Waals surface area contributed by atoms with Crippen molar-refractivity contribution >= 4 is 41.0 Å². The summed E-state index contributed by atoms with van der Waals surface area (Å²) in [6.07, 6.45) is 6.68. The van der Waals surface area contributed by atoms with Crippen molar-refractivity contribution in [3.63, 3.8) is 0 Å². The Labute approximate surface area is 248 Å². The van der Waals surface area contributed by atoms with E-state index in [0.29, 0.717) is 22.4 Å². The van der Waals surface area contributed by atoms with Gasteiger partial charge in [-0.15, -0.1) is 11.3 Å². The van der Waals surface area contributed by atoms with E-state index in [-0.39, 0.29) is 28.2 Å². The smallest absolute Gasteiger partial charge is 0.431 e. The molecule has 10 heteroatoms. The highest BCUT2D eigenvalue weighted by Crippen LogP contribution is 2.32. The third-order valence-corrected chi connectivity index (χ3v) is 7.66. The van der Waals surface area contributed by atoms with Crippen molar-refractivity contribution in [2.24, 2.45) is 17.3 Å². The number of ether oxygens (including phenoxy) is 3. The minimum atomic E-state index is -0.921. The van der Waals surface area contributed by atoms with Crippen LogP contribution >= 0.6 is 11.3 Å². The Hall–Kier alpha value is -3.06. The number of hydrogen-bond acceptors (Lipinski definition) is 8. The van der Waals surface area contributed by atoms with Crippen LogP contribution < -0.4 is 5.32 Å². The van der Waals surface area contributed by atoms with Crippen LogP contribution in [0.15, 0.2) is 6.07 Å². The van der Waals surface area contributed by atoms with Crippen LogP contribution in [0.25, 0.3) is 0 Å². The van der Waals surface area contributed by atoms with Gasteiger partial charge < -0.3 is 24.4 Å². The van der Waals surface area contributed by atoms with E-state index in [0.717, 1.165) is 56.4 Å². The molecule has 228 valence electrons. The topological polar surface area (TPSA) is 111 Å². The summed E-state index contributed by atoms with van der Waals surface area (Å²) in [5, 5.41) is 2.89. The number of nitrogens with zero attached hydrogens (tertiary/aromatic N) is 1. The Morgan fingerprint density at radius 2 is 1.78 bits per heavy atom. The number of nitrogens with one attached hydrogen (secondary N) is 1. The van der Waals surface area contributed by atoms with E-state index >= 15 is 0 Å². The molecule has 1 aromatic rings. The number of likely N-dealkylation sites (tertiary alicyclic amines) is 1. The van der Waals surface area contributed by atoms with Gasteiger partial charge in [-0.1, -0.05) is 25.2 Å². The average molecular weight is 591 g/mol. The van der Waals surface area contributed by atoms with Gasteiger partial charge in [0.15, 0.2) is 0 Å². The van der Waals surface area contributed by atoms with Crippen LogP contribution in [0.5, 0.6) is 0 Å². The molecule has 2 fully saturated rings. The second kappa shape index (κ2) is 16.4. The van der Waals surface area contributed by atoms with E-state index in [1.165, 1.54) is 12.8 Å². The fraction of sp³-hybridized carbons (Fsp3) is 0.677. The first kappa shape index (κ1) is 34.1. The molecule has 0 radical (unpaired) electrons. The van der Waals surface area contributed by atoms with E-state index in [1.54, 1.807) is 19.9 Å². The van der Waals surface area contributed by atoms with Crippen molar-refractivity contribution in [3.05, 3.63) is 15.8 Å². The van der Waals surface area contributed by atoms with Crippen molar-refractivity contribution in [1.29, 1.82) is 0 Å². The van der Waals surface area contributed by atoms with Crippen molar-refractivity contribution in [3.8, 4) is 11.8 Å². The van der Waals surface area contributed by atoms with Crippen molar-refractivity contribution < 1.29 is 33.4 Å². The van der Waals surface area contributed by atoms with Crippen LogP contribution in [-0.2, 0) is 23.8 Å². The highest BCUT2D eigenvalue weighted by molar-refractivity contribution is 7.15. The largest absolute Gasteiger partial charge is 0.511 e. The quantitative estimate of drug-likeness (QED) is 0.226. The minimum absolute atomic E-state index is 0.0757. The number of carbonyl (C=O) groups is 4. The zero-order valence-corrected chi connectivity index (χ0v) is 26.4. The summed E-state index contributed by atoms with van der Waals surface area (Å²) >= 11 is 1.13. The summed E-state index contributed by atoms with van der Waals surface area (Å²) in [6.45, 7) is 11.9. The summed E-state index contributed by atoms with van der Waals surface area (Å²) in [6, 6.07) is 1.69. The fourth-order valence-corrected chi connectivity index (χ4v) is 5.10. The van der Waals surface area contributed by atoms with Gasteiger partial charge >= 0.3 is 12.1 Å². The number of amides is 2. The first-order valence-corrected chi connectivity index (χ1v) is 15.3. The maximum Gasteiger partial charge on any atom is 0.511 e. The Balaban J connectivity index is 0.000000553. The number of anilines is 1. The standard InChI is InChI=1S/C24H33NO6S.C7H13NO/c1-15(2)31-23(28)30-14-29-22(27)20-19(13-18(32-20)11-12-24(4,5)6)25-21(26)17-9-7-16(3)8-10-17;1-8-6-4-2-3-5-7(8)9/h13,15-17H,7-10,14H2,1-6H3,(H,25,26);2-6H2,1H3. The fourth-order valence-electron chi connectivity index (χ4n) is 4.24. The van der Waals surface area contributed by atoms with Gasteiger partial charge in [0, 0.05) is 31.3 Å². The Morgan fingerprint density at radius 1 is 1.10 bits per heavy atom. The number of esters is 1. The van der Waals surface area contributed by atoms with E-state index in [9.17, 15) is 19.2 Å². The van der Waals surface area contributed by atoms with Gasteiger partial charge in [-0.2, -0.15) is 0 Å². The van der Waals surface area contributed by atoms with Gasteiger partial charge in [-0.25, -0.2) is 9.59 Å². The Bertz CT molecular complexity index is 1100. The summed E-state index contributed by atoms with van der Waals surface area (Å²) in [4.78, 5) is 50.5. The molecule has 2 aliphatic rings. The second-order valence-electron chi connectivity index (χ2n) is 12.0. The molecule has 1 saturated carbocycles. The molecular weight excluding hydrogens is 544 g/mol. The van der Waals surface area contributed by atoms with Crippen molar-refractivity contribution in [1.82, 2.24) is 4.90 Å². The zero-order chi connectivity index (χ0) is 30.6. The molecule has 1 N–H and O–H groups in total. The van der Waals surface area contributed by atoms with E-state index in [1.807, 2.05) is 32.7 Å². The lowest BCUT2D eigenvalue weighted by atomic mass is 9.82. The van der Waals surface area contributed by atoms with Gasteiger partial charge in [0.25, 0.3) is 0 Å². The molecule has 9 nitrogen and oxygen atoms in total. The Morgan fingerprint density at radius 3 is 2.41 bits per heavy atom. The lowest BCUT2D eigenvalue weighted by Crippen LogP contribution is -2.27. The summed E-state index contributed by atoms with van der Waals surface area (Å²) < 4.78 is 14.7. The monoisotopic (exact) mass is 590 g/mol. The molecule has 0 spiro atoms. The molecule has 0 unspecified atom stereocenters. The van der Waals surface area contributed by atoms with Crippen LogP contribution in [0.2, 0.25) is 0 Å². The molecule has 3 rings (SSSR count). The lowest BCUT2D eigenvalue weighted by molar-refractivity contribution is -0.129. The van der Waals surface area contributed by atoms with E-state index in [4.69, 9.17) is 14.2 Å². The highest BCUT2D eigenvalue weighted by Gasteiger charge is 2.27. The molecule has 2 amide bonds. The zero-order valence-electron chi connectivity index (χ0n) is 25.6. The third-order valence-electron chi connectivity index (χ3n) is 6.63. The summed E-state index contributed by atoms with van der Waals surface area (Å²) in [5.74, 6) is 6.25. The average Bonchev–Trinajstić information content (AvgIpc) is 3.19. The maximum absolute atomic E-state index is 12.8. The van der Waals surface area contributed by atoms with Crippen molar-refractivity contribution in [2.75, 3.05) is 25.7 Å². The van der Waals surface area contributed by atoms with Crippen LogP contribution in [0, 0.1) is 29.1 Å². The molecule has 0 aromatic carbocycles. The first-order valence-electron chi connectivity index (χ1n) is 14.5. The summed E-state index contributed by atoms with van der Waals surface area (Å²) in [5.41, 5.74) is 0.156. The van der Waals surface area contributed by atoms with Gasteiger partial charge in [0.05, 0.1) is 16.7 Å². The molecule has 1 aromatic heterocycles. The number of rotatable bonds is 6. The lowest BCUT2D eigenvalue weighted by Gasteiger charge is -2.25. The molecule has 0 bridgehead atoms. The number of hydrogen-bond donors (Lipinski definition) is 1. The van der Waals surface area contributed by atoms with E-state index in [2.05, 4.69) is 24.1 Å². The number of carbonyl (C=O) groups excluding carboxylic acids is 4. The van der Waals surface area contributed by atoms with E-state index < -0.39 is 18.9 Å². The van der Waals surface area contributed by atoms with Crippen LogP contribution in [0.4, 0.5) is 10.5 Å². The van der Waals surface area contributed by atoms with Crippen LogP contribution in [0.1, 0.15) is 107 Å². The molecule has 0 atom stereocenters.